The van der Waals surface area contributed by atoms with Crippen LogP contribution in [0.4, 0.5) is 5.69 Å². The number of hydrogen-bond donors (Lipinski definition) is 1. The van der Waals surface area contributed by atoms with Crippen LogP contribution in [0.1, 0.15) is 27.2 Å². The van der Waals surface area contributed by atoms with E-state index in [1.165, 1.54) is 36.4 Å². The Morgan fingerprint density at radius 1 is 0.938 bits per heavy atom. The van der Waals surface area contributed by atoms with Gasteiger partial charge in [0, 0.05) is 10.0 Å². The molecule has 1 atom stereocenters. The van der Waals surface area contributed by atoms with Crippen molar-refractivity contribution in [2.75, 3.05) is 4.90 Å². The van der Waals surface area contributed by atoms with E-state index < -0.39 is 43.4 Å². The van der Waals surface area contributed by atoms with Gasteiger partial charge in [-0.15, -0.1) is 0 Å². The fraction of sp³-hybridized carbons (Fsp3) is 0.300. The summed E-state index contributed by atoms with van der Waals surface area (Å²) in [4.78, 5) is 26.7. The summed E-state index contributed by atoms with van der Waals surface area (Å²) in [7, 11) is -8.08. The lowest BCUT2D eigenvalue weighted by Gasteiger charge is -2.37. The SMILES string of the molecule is CC(C)(C)N(C1CC(=O)N(c2ccc(S(N)(=O)=O)cc2)C1=O)S(=O)(=O)c1ccc(Br)cc1. The van der Waals surface area contributed by atoms with Crippen molar-refractivity contribution in [1.82, 2.24) is 4.31 Å². The molecule has 1 fully saturated rings. The minimum absolute atomic E-state index is 0.00757. The molecule has 0 radical (unpaired) electrons. The van der Waals surface area contributed by atoms with Gasteiger partial charge in [-0.1, -0.05) is 15.9 Å². The molecule has 1 heterocycles. The van der Waals surface area contributed by atoms with Gasteiger partial charge < -0.3 is 0 Å². The number of carbonyl (C=O) groups is 2. The van der Waals surface area contributed by atoms with Crippen molar-refractivity contribution >= 4 is 53.5 Å². The Labute approximate surface area is 195 Å². The van der Waals surface area contributed by atoms with Crippen molar-refractivity contribution in [3.8, 4) is 0 Å². The van der Waals surface area contributed by atoms with Gasteiger partial charge in [0.2, 0.25) is 26.0 Å². The lowest BCUT2D eigenvalue weighted by atomic mass is 10.1. The van der Waals surface area contributed by atoms with Gasteiger partial charge in [0.05, 0.1) is 21.9 Å². The maximum atomic E-state index is 13.5. The van der Waals surface area contributed by atoms with Gasteiger partial charge in [0.1, 0.15) is 6.04 Å². The highest BCUT2D eigenvalue weighted by Gasteiger charge is 2.50. The summed E-state index contributed by atoms with van der Waals surface area (Å²) in [6, 6.07) is 9.66. The standard InChI is InChI=1S/C20H22BrN3O6S2/c1-20(2,3)24(32(29,30)16-8-4-13(21)5-9-16)17-12-18(25)23(19(17)26)14-6-10-15(11-7-14)31(22,27)28/h4-11,17H,12H2,1-3H3,(H2,22,27,28). The number of benzene rings is 2. The van der Waals surface area contributed by atoms with Gasteiger partial charge in [-0.25, -0.2) is 26.9 Å². The number of rotatable bonds is 5. The van der Waals surface area contributed by atoms with Gasteiger partial charge >= 0.3 is 0 Å². The Hall–Kier alpha value is -2.12. The summed E-state index contributed by atoms with van der Waals surface area (Å²) in [5.74, 6) is -1.31. The van der Waals surface area contributed by atoms with Gasteiger partial charge in [0.15, 0.2) is 0 Å². The summed E-state index contributed by atoms with van der Waals surface area (Å²) in [5, 5.41) is 5.09. The Kier molecular flexibility index (Phi) is 6.39. The van der Waals surface area contributed by atoms with Crippen LogP contribution in [0.2, 0.25) is 0 Å². The predicted octanol–water partition coefficient (Wildman–Crippen LogP) is 2.22. The summed E-state index contributed by atoms with van der Waals surface area (Å²) in [6.07, 6.45) is -0.344. The van der Waals surface area contributed by atoms with Crippen LogP contribution in [0.25, 0.3) is 0 Å². The number of hydrogen-bond acceptors (Lipinski definition) is 6. The third kappa shape index (κ3) is 4.64. The molecule has 0 saturated carbocycles. The van der Waals surface area contributed by atoms with Crippen LogP contribution in [0.15, 0.2) is 62.8 Å². The van der Waals surface area contributed by atoms with Crippen LogP contribution in [-0.2, 0) is 29.6 Å². The second-order valence-electron chi connectivity index (χ2n) is 8.25. The van der Waals surface area contributed by atoms with Crippen LogP contribution in [0.5, 0.6) is 0 Å². The molecule has 172 valence electrons. The van der Waals surface area contributed by atoms with Gasteiger partial charge in [-0.3, -0.25) is 9.59 Å². The molecule has 0 aromatic heterocycles. The molecule has 2 N–H and O–H groups in total. The third-order valence-electron chi connectivity index (χ3n) is 4.86. The monoisotopic (exact) mass is 543 g/mol. The van der Waals surface area contributed by atoms with Crippen molar-refractivity contribution < 1.29 is 26.4 Å². The number of anilines is 1. The molecule has 0 spiro atoms. The van der Waals surface area contributed by atoms with Crippen LogP contribution in [0, 0.1) is 0 Å². The molecular weight excluding hydrogens is 522 g/mol. The molecule has 0 bridgehead atoms. The highest BCUT2D eigenvalue weighted by molar-refractivity contribution is 9.10. The number of sulfonamides is 2. The van der Waals surface area contributed by atoms with Crippen molar-refractivity contribution in [1.29, 1.82) is 0 Å². The number of imide groups is 1. The predicted molar refractivity (Wildman–Crippen MR) is 122 cm³/mol. The number of amides is 2. The minimum Gasteiger partial charge on any atom is -0.274 e. The summed E-state index contributed by atoms with van der Waals surface area (Å²) >= 11 is 3.26. The van der Waals surface area contributed by atoms with Crippen LogP contribution < -0.4 is 10.0 Å². The molecule has 12 heteroatoms. The van der Waals surface area contributed by atoms with E-state index in [0.29, 0.717) is 4.47 Å². The van der Waals surface area contributed by atoms with Crippen molar-refractivity contribution in [3.05, 3.63) is 53.0 Å². The van der Waals surface area contributed by atoms with E-state index in [-0.39, 0.29) is 21.9 Å². The minimum atomic E-state index is -4.13. The highest BCUT2D eigenvalue weighted by atomic mass is 79.9. The Morgan fingerprint density at radius 2 is 1.44 bits per heavy atom. The molecule has 2 amide bonds. The van der Waals surface area contributed by atoms with Crippen LogP contribution in [0.3, 0.4) is 0 Å². The van der Waals surface area contributed by atoms with E-state index in [4.69, 9.17) is 5.14 Å². The Balaban J connectivity index is 2.02. The lowest BCUT2D eigenvalue weighted by molar-refractivity contribution is -0.122. The molecule has 2 aromatic carbocycles. The first-order chi connectivity index (χ1) is 14.6. The average molecular weight is 544 g/mol. The zero-order valence-corrected chi connectivity index (χ0v) is 20.7. The molecule has 2 aromatic rings. The summed E-state index contributed by atoms with van der Waals surface area (Å²) in [6.45, 7) is 4.93. The third-order valence-corrected chi connectivity index (χ3v) is 8.51. The summed E-state index contributed by atoms with van der Waals surface area (Å²) < 4.78 is 51.6. The molecule has 9 nitrogen and oxygen atoms in total. The topological polar surface area (TPSA) is 135 Å². The van der Waals surface area contributed by atoms with E-state index in [0.717, 1.165) is 9.21 Å². The molecule has 1 aliphatic heterocycles. The van der Waals surface area contributed by atoms with Crippen molar-refractivity contribution in [2.45, 2.75) is 48.6 Å². The Morgan fingerprint density at radius 3 is 1.91 bits per heavy atom. The second kappa shape index (κ2) is 8.34. The van der Waals surface area contributed by atoms with E-state index in [1.807, 2.05) is 0 Å². The fourth-order valence-electron chi connectivity index (χ4n) is 3.57. The second-order valence-corrected chi connectivity index (χ2v) is 12.5. The number of carbonyl (C=O) groups excluding carboxylic acids is 2. The van der Waals surface area contributed by atoms with Crippen molar-refractivity contribution in [3.63, 3.8) is 0 Å². The maximum Gasteiger partial charge on any atom is 0.252 e. The molecule has 0 aliphatic carbocycles. The first-order valence-electron chi connectivity index (χ1n) is 9.44. The zero-order valence-electron chi connectivity index (χ0n) is 17.5. The quantitative estimate of drug-likeness (QED) is 0.574. The van der Waals surface area contributed by atoms with E-state index >= 15 is 0 Å². The first kappa shape index (κ1) is 24.5. The van der Waals surface area contributed by atoms with Gasteiger partial charge in [-0.05, 0) is 69.3 Å². The largest absolute Gasteiger partial charge is 0.274 e. The number of primary sulfonamides is 1. The van der Waals surface area contributed by atoms with Gasteiger partial charge in [-0.2, -0.15) is 4.31 Å². The van der Waals surface area contributed by atoms with E-state index in [2.05, 4.69) is 15.9 Å². The maximum absolute atomic E-state index is 13.5. The molecular formula is C20H22BrN3O6S2. The Bertz CT molecular complexity index is 1270. The number of halogens is 1. The van der Waals surface area contributed by atoms with Crippen LogP contribution in [-0.4, -0.2) is 44.5 Å². The zero-order chi connectivity index (χ0) is 24.1. The first-order valence-corrected chi connectivity index (χ1v) is 13.2. The van der Waals surface area contributed by atoms with Gasteiger partial charge in [0.25, 0.3) is 5.91 Å². The molecule has 3 rings (SSSR count). The van der Waals surface area contributed by atoms with Crippen molar-refractivity contribution in [2.24, 2.45) is 5.14 Å². The molecule has 1 saturated heterocycles. The van der Waals surface area contributed by atoms with E-state index in [9.17, 15) is 26.4 Å². The highest BCUT2D eigenvalue weighted by Crippen LogP contribution is 2.34. The molecule has 1 aliphatic rings. The smallest absolute Gasteiger partial charge is 0.252 e. The summed E-state index contributed by atoms with van der Waals surface area (Å²) in [5.41, 5.74) is -0.884. The van der Waals surface area contributed by atoms with Crippen LogP contribution >= 0.6 is 15.9 Å². The average Bonchev–Trinajstić information content (AvgIpc) is 2.94. The molecule has 32 heavy (non-hydrogen) atoms. The normalized spacial score (nSPS) is 17.9. The molecule has 1 unspecified atom stereocenters. The number of nitrogens with two attached hydrogens (primary N) is 1. The van der Waals surface area contributed by atoms with E-state index in [1.54, 1.807) is 32.9 Å². The number of nitrogens with zero attached hydrogens (tertiary/aromatic N) is 2. The lowest BCUT2D eigenvalue weighted by Crippen LogP contribution is -2.54. The fourth-order valence-corrected chi connectivity index (χ4v) is 6.28.